The lowest BCUT2D eigenvalue weighted by molar-refractivity contribution is 0.0975. The minimum atomic E-state index is -0.580. The first-order valence-electron chi connectivity index (χ1n) is 15.5. The van der Waals surface area contributed by atoms with Crippen molar-refractivity contribution in [3.05, 3.63) is 29.8 Å². The third-order valence-electron chi connectivity index (χ3n) is 6.75. The van der Waals surface area contributed by atoms with Crippen LogP contribution >= 0.6 is 24.1 Å². The van der Waals surface area contributed by atoms with Crippen LogP contribution < -0.4 is 25.0 Å². The second-order valence-electron chi connectivity index (χ2n) is 12.5. The van der Waals surface area contributed by atoms with Gasteiger partial charge in [0.2, 0.25) is 5.82 Å². The van der Waals surface area contributed by atoms with Crippen molar-refractivity contribution >= 4 is 30.0 Å². The van der Waals surface area contributed by atoms with Gasteiger partial charge in [0.05, 0.1) is 31.5 Å². The molecule has 1 aliphatic heterocycles. The Morgan fingerprint density at radius 3 is 2.30 bits per heavy atom. The second-order valence-corrected chi connectivity index (χ2v) is 13.1. The van der Waals surface area contributed by atoms with E-state index >= 15 is 0 Å². The average molecular weight is 660 g/mol. The highest BCUT2D eigenvalue weighted by molar-refractivity contribution is 6.99. The van der Waals surface area contributed by atoms with Crippen molar-refractivity contribution in [3.63, 3.8) is 0 Å². The van der Waals surface area contributed by atoms with Crippen LogP contribution in [0.1, 0.15) is 53.0 Å². The Balaban J connectivity index is 0.000000300. The maximum absolute atomic E-state index is 9.95. The summed E-state index contributed by atoms with van der Waals surface area (Å²) < 4.78 is 30.6. The van der Waals surface area contributed by atoms with Crippen LogP contribution in [0.2, 0.25) is 0 Å². The van der Waals surface area contributed by atoms with Gasteiger partial charge in [-0.2, -0.15) is 4.37 Å². The molecule has 13 heteroatoms. The molecule has 0 spiro atoms. The van der Waals surface area contributed by atoms with E-state index < -0.39 is 12.2 Å². The highest BCUT2D eigenvalue weighted by Crippen LogP contribution is 2.29. The number of morpholine rings is 1. The molecule has 2 aliphatic rings. The van der Waals surface area contributed by atoms with Crippen LogP contribution in [0.4, 0.5) is 5.82 Å². The lowest BCUT2D eigenvalue weighted by atomic mass is 10.1. The molecule has 1 aromatic heterocycles. The fraction of sp³-hybridized carbons (Fsp3) is 0.742. The van der Waals surface area contributed by atoms with Crippen LogP contribution in [0.5, 0.6) is 11.6 Å². The van der Waals surface area contributed by atoms with Crippen molar-refractivity contribution < 1.29 is 29.2 Å². The number of rotatable bonds is 17. The molecule has 1 saturated carbocycles. The Kier molecular flexibility index (Phi) is 17.8. The van der Waals surface area contributed by atoms with Crippen molar-refractivity contribution in [3.8, 4) is 11.6 Å². The zero-order valence-electron chi connectivity index (χ0n) is 27.0. The maximum Gasteiger partial charge on any atom is 0.270 e. The molecule has 1 aliphatic carbocycles. The number of nitrogens with one attached hydrogen (secondary N) is 2. The quantitative estimate of drug-likeness (QED) is 0.187. The molecule has 4 N–H and O–H groups in total. The van der Waals surface area contributed by atoms with E-state index in [1.54, 1.807) is 0 Å². The molecule has 2 fully saturated rings. The largest absolute Gasteiger partial charge is 0.491 e. The molecule has 2 heterocycles. The van der Waals surface area contributed by atoms with Crippen LogP contribution in [0.25, 0.3) is 0 Å². The van der Waals surface area contributed by atoms with Gasteiger partial charge < -0.3 is 44.7 Å². The zero-order valence-corrected chi connectivity index (χ0v) is 28.6. The fourth-order valence-electron chi connectivity index (χ4n) is 3.99. The number of aliphatic hydroxyl groups excluding tert-OH is 2. The summed E-state index contributed by atoms with van der Waals surface area (Å²) in [6.07, 6.45) is 2.55. The Morgan fingerprint density at radius 2 is 1.66 bits per heavy atom. The molecule has 11 nitrogen and oxygen atoms in total. The lowest BCUT2D eigenvalue weighted by Gasteiger charge is -2.27. The second kappa shape index (κ2) is 20.4. The molecule has 1 saturated heterocycles. The number of aliphatic hydroxyl groups is 2. The van der Waals surface area contributed by atoms with E-state index in [0.29, 0.717) is 44.8 Å². The molecule has 2 aromatic rings. The van der Waals surface area contributed by atoms with E-state index in [4.69, 9.17) is 18.9 Å². The van der Waals surface area contributed by atoms with E-state index in [1.165, 1.54) is 18.4 Å². The summed E-state index contributed by atoms with van der Waals surface area (Å²) in [7, 11) is 0. The third kappa shape index (κ3) is 16.5. The van der Waals surface area contributed by atoms with Gasteiger partial charge in [0.25, 0.3) is 5.88 Å². The molecule has 0 amide bonds. The van der Waals surface area contributed by atoms with Gasteiger partial charge in [0, 0.05) is 44.4 Å². The summed E-state index contributed by atoms with van der Waals surface area (Å²) in [5.74, 6) is 2.87. The number of benzene rings is 1. The molecule has 0 bridgehead atoms. The van der Waals surface area contributed by atoms with Gasteiger partial charge in [-0.3, -0.25) is 0 Å². The van der Waals surface area contributed by atoms with Gasteiger partial charge in [-0.1, -0.05) is 26.0 Å². The first kappa shape index (κ1) is 38.4. The van der Waals surface area contributed by atoms with Gasteiger partial charge in [-0.25, -0.2) is 0 Å². The average Bonchev–Trinajstić information content (AvgIpc) is 3.70. The number of ether oxygens (including phenoxy) is 4. The van der Waals surface area contributed by atoms with Crippen LogP contribution in [0, 0.1) is 5.92 Å². The van der Waals surface area contributed by atoms with Gasteiger partial charge >= 0.3 is 0 Å². The molecule has 252 valence electrons. The van der Waals surface area contributed by atoms with E-state index in [1.807, 2.05) is 12.1 Å². The molecule has 2 atom stereocenters. The van der Waals surface area contributed by atoms with Crippen molar-refractivity contribution in [1.82, 2.24) is 19.4 Å². The topological polar surface area (TPSA) is 130 Å². The normalized spacial score (nSPS) is 16.5. The summed E-state index contributed by atoms with van der Waals surface area (Å²) in [6.45, 7) is 16.5. The first-order chi connectivity index (χ1) is 20.6. The summed E-state index contributed by atoms with van der Waals surface area (Å²) in [6, 6.07) is 8.41. The van der Waals surface area contributed by atoms with E-state index in [-0.39, 0.29) is 24.6 Å². The molecular weight excluding hydrogens is 606 g/mol. The van der Waals surface area contributed by atoms with Crippen LogP contribution in [-0.4, -0.2) is 109 Å². The van der Waals surface area contributed by atoms with Crippen molar-refractivity contribution in [2.45, 2.75) is 77.7 Å². The highest BCUT2D eigenvalue weighted by Gasteiger charge is 2.22. The number of β-amino-alcohol motifs (C(OH)–C–C–N with tert-alkyl or cyclic N) is 1. The van der Waals surface area contributed by atoms with Crippen LogP contribution in [0.15, 0.2) is 24.3 Å². The molecular formula is C31H54ClN5O6S. The van der Waals surface area contributed by atoms with Crippen molar-refractivity contribution in [2.75, 3.05) is 70.7 Å². The molecule has 0 radical (unpaired) electrons. The van der Waals surface area contributed by atoms with Crippen molar-refractivity contribution in [2.24, 2.45) is 5.92 Å². The standard InChI is InChI=1S/C18H29NO3.C13H24N4O3S.ClH/c1-14(2)19-11-17(20)13-22-18-7-5-15(6-8-18)9-10-21-12-16-3-4-16;1-13(2,3)14-8-10(18)9-20-12-11(15-21-16-12)17-4-6-19-7-5-17;/h5-8,14,16-17,19-20H,3-4,9-13H2,1-2H3;10,14,18H,4-9H2,1-3H3;1H/t;10-;/m.0./s1. The lowest BCUT2D eigenvalue weighted by Crippen LogP contribution is -2.42. The van der Waals surface area contributed by atoms with Crippen LogP contribution in [-0.2, 0) is 15.9 Å². The van der Waals surface area contributed by atoms with Crippen molar-refractivity contribution in [1.29, 1.82) is 0 Å². The monoisotopic (exact) mass is 659 g/mol. The molecule has 1 aromatic carbocycles. The maximum atomic E-state index is 9.95. The van der Waals surface area contributed by atoms with Crippen LogP contribution in [0.3, 0.4) is 0 Å². The first-order valence-corrected chi connectivity index (χ1v) is 16.2. The highest BCUT2D eigenvalue weighted by atomic mass is 35.5. The van der Waals surface area contributed by atoms with Gasteiger partial charge in [0.15, 0.2) is 0 Å². The number of nitrogens with zero attached hydrogens (tertiary/aromatic N) is 3. The van der Waals surface area contributed by atoms with E-state index in [2.05, 4.69) is 71.0 Å². The minimum Gasteiger partial charge on any atom is -0.491 e. The number of anilines is 1. The Bertz CT molecular complexity index is 1020. The number of aromatic nitrogens is 2. The SMILES string of the molecule is CC(C)(C)NC[C@H](O)COc1nsnc1N1CCOCC1.CC(C)NCC(O)COc1ccc(CCOCC2CC2)cc1.Cl. The Labute approximate surface area is 273 Å². The van der Waals surface area contributed by atoms with E-state index in [9.17, 15) is 10.2 Å². The predicted molar refractivity (Wildman–Crippen MR) is 178 cm³/mol. The fourth-order valence-corrected chi connectivity index (χ4v) is 4.51. The number of halogens is 1. The minimum absolute atomic E-state index is 0. The summed E-state index contributed by atoms with van der Waals surface area (Å²) in [5.41, 5.74) is 1.23. The van der Waals surface area contributed by atoms with E-state index in [0.717, 1.165) is 61.9 Å². The zero-order chi connectivity index (χ0) is 31.1. The molecule has 44 heavy (non-hydrogen) atoms. The van der Waals surface area contributed by atoms with Gasteiger partial charge in [0.1, 0.15) is 31.2 Å². The Morgan fingerprint density at radius 1 is 1.00 bits per heavy atom. The van der Waals surface area contributed by atoms with Gasteiger partial charge in [-0.15, -0.1) is 16.8 Å². The third-order valence-corrected chi connectivity index (χ3v) is 7.25. The summed E-state index contributed by atoms with van der Waals surface area (Å²) in [4.78, 5) is 2.10. The summed E-state index contributed by atoms with van der Waals surface area (Å²) >= 11 is 1.12. The number of hydrogen-bond donors (Lipinski definition) is 4. The summed E-state index contributed by atoms with van der Waals surface area (Å²) in [5, 5.41) is 26.2. The number of hydrogen-bond acceptors (Lipinski definition) is 12. The smallest absolute Gasteiger partial charge is 0.270 e. The molecule has 4 rings (SSSR count). The van der Waals surface area contributed by atoms with Gasteiger partial charge in [-0.05, 0) is 63.6 Å². The molecule has 1 unspecified atom stereocenters. The Hall–Kier alpha value is -1.77. The predicted octanol–water partition coefficient (Wildman–Crippen LogP) is 3.32.